The molecule has 0 aliphatic carbocycles. The van der Waals surface area contributed by atoms with Gasteiger partial charge < -0.3 is 19.8 Å². The van der Waals surface area contributed by atoms with E-state index in [0.29, 0.717) is 40.9 Å². The van der Waals surface area contributed by atoms with Crippen molar-refractivity contribution in [3.8, 4) is 11.5 Å². The van der Waals surface area contributed by atoms with Gasteiger partial charge in [0, 0.05) is 42.3 Å². The highest BCUT2D eigenvalue weighted by atomic mass is 32.2. The second-order valence-electron chi connectivity index (χ2n) is 7.81. The topological polar surface area (TPSA) is 118 Å². The van der Waals surface area contributed by atoms with Crippen LogP contribution in [0.4, 0.5) is 5.69 Å². The van der Waals surface area contributed by atoms with Crippen LogP contribution in [0.3, 0.4) is 0 Å². The summed E-state index contributed by atoms with van der Waals surface area (Å²) in [7, 11) is -0.649. The number of fused-ring (bicyclic) bond motifs is 1. The van der Waals surface area contributed by atoms with E-state index in [9.17, 15) is 18.0 Å². The Labute approximate surface area is 191 Å². The van der Waals surface area contributed by atoms with Gasteiger partial charge in [0.2, 0.25) is 21.5 Å². The number of aromatic amines is 1. The smallest absolute Gasteiger partial charge is 0.248 e. The van der Waals surface area contributed by atoms with Crippen molar-refractivity contribution < 1.29 is 22.7 Å². The fourth-order valence-corrected chi connectivity index (χ4v) is 5.46. The predicted octanol–water partition coefficient (Wildman–Crippen LogP) is 2.58. The molecule has 1 aromatic heterocycles. The minimum Gasteiger partial charge on any atom is -0.493 e. The number of aromatic nitrogens is 1. The third-order valence-corrected chi connectivity index (χ3v) is 7.70. The molecule has 1 saturated heterocycles. The minimum atomic E-state index is -3.71. The molecule has 10 heteroatoms. The van der Waals surface area contributed by atoms with Crippen LogP contribution >= 0.6 is 0 Å². The van der Waals surface area contributed by atoms with Crippen LogP contribution in [0.15, 0.2) is 58.2 Å². The van der Waals surface area contributed by atoms with E-state index in [0.717, 1.165) is 0 Å². The molecule has 2 heterocycles. The maximum absolute atomic E-state index is 13.1. The van der Waals surface area contributed by atoms with Crippen LogP contribution < -0.4 is 20.3 Å². The zero-order valence-corrected chi connectivity index (χ0v) is 19.1. The second-order valence-corrected chi connectivity index (χ2v) is 9.75. The lowest BCUT2D eigenvalue weighted by Gasteiger charge is -2.30. The lowest BCUT2D eigenvalue weighted by Crippen LogP contribution is -2.41. The summed E-state index contributed by atoms with van der Waals surface area (Å²) in [5.41, 5.74) is 0.917. The van der Waals surface area contributed by atoms with Gasteiger partial charge in [-0.15, -0.1) is 0 Å². The van der Waals surface area contributed by atoms with Crippen molar-refractivity contribution in [3.05, 3.63) is 58.9 Å². The molecule has 0 bridgehead atoms. The molecule has 1 aliphatic rings. The molecule has 0 atom stereocenters. The number of sulfonamides is 1. The molecule has 1 aliphatic heterocycles. The summed E-state index contributed by atoms with van der Waals surface area (Å²) in [6.07, 6.45) is 0.832. The van der Waals surface area contributed by atoms with E-state index in [1.54, 1.807) is 36.4 Å². The number of nitrogens with one attached hydrogen (secondary N) is 2. The zero-order valence-electron chi connectivity index (χ0n) is 18.3. The summed E-state index contributed by atoms with van der Waals surface area (Å²) in [6, 6.07) is 12.7. The number of amides is 1. The first kappa shape index (κ1) is 22.8. The van der Waals surface area contributed by atoms with Crippen LogP contribution in [0.5, 0.6) is 11.5 Å². The van der Waals surface area contributed by atoms with Crippen molar-refractivity contribution in [2.75, 3.05) is 32.6 Å². The van der Waals surface area contributed by atoms with Gasteiger partial charge in [-0.1, -0.05) is 0 Å². The lowest BCUT2D eigenvalue weighted by atomic mass is 9.97. The van der Waals surface area contributed by atoms with Crippen LogP contribution in [0.2, 0.25) is 0 Å². The first-order valence-electron chi connectivity index (χ1n) is 10.5. The molecule has 0 saturated carbocycles. The fourth-order valence-electron chi connectivity index (χ4n) is 3.96. The van der Waals surface area contributed by atoms with Crippen LogP contribution in [0, 0.1) is 5.92 Å². The molecular weight excluding hydrogens is 446 g/mol. The molecule has 9 nitrogen and oxygen atoms in total. The monoisotopic (exact) mass is 471 g/mol. The highest BCUT2D eigenvalue weighted by molar-refractivity contribution is 7.89. The molecule has 33 heavy (non-hydrogen) atoms. The SMILES string of the molecule is COc1ccc(NC(=O)C2CCN(S(=O)(=O)c3ccc4[nH]c(=O)ccc4c3)CC2)cc1OC. The lowest BCUT2D eigenvalue weighted by molar-refractivity contribution is -0.120. The minimum absolute atomic E-state index is 0.158. The summed E-state index contributed by atoms with van der Waals surface area (Å²) in [6.45, 7) is 0.492. The van der Waals surface area contributed by atoms with Crippen molar-refractivity contribution in [1.29, 1.82) is 0 Å². The summed E-state index contributed by atoms with van der Waals surface area (Å²) >= 11 is 0. The van der Waals surface area contributed by atoms with Gasteiger partial charge in [-0.2, -0.15) is 4.31 Å². The standard InChI is InChI=1S/C23H25N3O6S/c1-31-20-7-4-17(14-21(20)32-2)24-23(28)15-9-11-26(12-10-15)33(29,30)18-5-6-19-16(13-18)3-8-22(27)25-19/h3-8,13-15H,9-12H2,1-2H3,(H,24,28)(H,25,27). The summed E-state index contributed by atoms with van der Waals surface area (Å²) in [5, 5.41) is 3.51. The van der Waals surface area contributed by atoms with Crippen molar-refractivity contribution >= 4 is 32.5 Å². The summed E-state index contributed by atoms with van der Waals surface area (Å²) < 4.78 is 38.1. The fraction of sp³-hybridized carbons (Fsp3) is 0.304. The number of pyridine rings is 1. The average molecular weight is 472 g/mol. The van der Waals surface area contributed by atoms with Gasteiger partial charge in [0.1, 0.15) is 0 Å². The number of hydrogen-bond donors (Lipinski definition) is 2. The Morgan fingerprint density at radius 3 is 2.42 bits per heavy atom. The number of rotatable bonds is 6. The third kappa shape index (κ3) is 4.71. The molecule has 2 N–H and O–H groups in total. The maximum atomic E-state index is 13.1. The molecule has 4 rings (SSSR count). The quantitative estimate of drug-likeness (QED) is 0.571. The van der Waals surface area contributed by atoms with E-state index in [4.69, 9.17) is 9.47 Å². The molecule has 1 fully saturated rings. The van der Waals surface area contributed by atoms with Crippen molar-refractivity contribution in [1.82, 2.24) is 9.29 Å². The summed E-state index contributed by atoms with van der Waals surface area (Å²) in [5.74, 6) is 0.616. The van der Waals surface area contributed by atoms with Gasteiger partial charge in [-0.25, -0.2) is 8.42 Å². The van der Waals surface area contributed by atoms with Crippen molar-refractivity contribution in [3.63, 3.8) is 0 Å². The highest BCUT2D eigenvalue weighted by Gasteiger charge is 2.32. The van der Waals surface area contributed by atoms with Gasteiger partial charge in [0.25, 0.3) is 0 Å². The largest absolute Gasteiger partial charge is 0.493 e. The van der Waals surface area contributed by atoms with Crippen molar-refractivity contribution in [2.45, 2.75) is 17.7 Å². The molecule has 3 aromatic rings. The van der Waals surface area contributed by atoms with Crippen molar-refractivity contribution in [2.24, 2.45) is 5.92 Å². The Morgan fingerprint density at radius 1 is 1.00 bits per heavy atom. The molecule has 0 unspecified atom stereocenters. The third-order valence-electron chi connectivity index (χ3n) is 5.81. The van der Waals surface area contributed by atoms with Gasteiger partial charge >= 0.3 is 0 Å². The van der Waals surface area contributed by atoms with Gasteiger partial charge in [0.05, 0.1) is 19.1 Å². The number of carbonyl (C=O) groups excluding carboxylic acids is 1. The Morgan fingerprint density at radius 2 is 1.73 bits per heavy atom. The van der Waals surface area contributed by atoms with Gasteiger partial charge in [0.15, 0.2) is 11.5 Å². The number of carbonyl (C=O) groups is 1. The molecule has 0 spiro atoms. The zero-order chi connectivity index (χ0) is 23.6. The summed E-state index contributed by atoms with van der Waals surface area (Å²) in [4.78, 5) is 27.0. The molecule has 2 aromatic carbocycles. The number of anilines is 1. The Kier molecular flexibility index (Phi) is 6.39. The number of benzene rings is 2. The normalized spacial score (nSPS) is 15.3. The number of piperidine rings is 1. The first-order chi connectivity index (χ1) is 15.8. The Hall–Kier alpha value is -3.37. The maximum Gasteiger partial charge on any atom is 0.248 e. The van der Waals surface area contributed by atoms with Crippen LogP contribution in [0.25, 0.3) is 10.9 Å². The van der Waals surface area contributed by atoms with E-state index >= 15 is 0 Å². The molecule has 0 radical (unpaired) electrons. The molecular formula is C23H25N3O6S. The number of methoxy groups -OCH3 is 2. The van der Waals surface area contributed by atoms with E-state index in [-0.39, 0.29) is 35.4 Å². The molecule has 174 valence electrons. The van der Waals surface area contributed by atoms with E-state index in [1.807, 2.05) is 0 Å². The average Bonchev–Trinajstić information content (AvgIpc) is 2.83. The Balaban J connectivity index is 1.42. The van der Waals surface area contributed by atoms with E-state index in [2.05, 4.69) is 10.3 Å². The number of hydrogen-bond acceptors (Lipinski definition) is 6. The van der Waals surface area contributed by atoms with Crippen LogP contribution in [-0.2, 0) is 14.8 Å². The van der Waals surface area contributed by atoms with Gasteiger partial charge in [-0.05, 0) is 54.6 Å². The molecule has 1 amide bonds. The number of nitrogens with zero attached hydrogens (tertiary/aromatic N) is 1. The van der Waals surface area contributed by atoms with Crippen LogP contribution in [0.1, 0.15) is 12.8 Å². The number of ether oxygens (including phenoxy) is 2. The highest BCUT2D eigenvalue weighted by Crippen LogP contribution is 2.31. The number of H-pyrrole nitrogens is 1. The van der Waals surface area contributed by atoms with Gasteiger partial charge in [-0.3, -0.25) is 9.59 Å². The van der Waals surface area contributed by atoms with Crippen LogP contribution in [-0.4, -0.2) is 50.9 Å². The predicted molar refractivity (Wildman–Crippen MR) is 124 cm³/mol. The van der Waals surface area contributed by atoms with E-state index in [1.165, 1.54) is 30.7 Å². The Bertz CT molecular complexity index is 1340. The first-order valence-corrected chi connectivity index (χ1v) is 11.9. The van der Waals surface area contributed by atoms with E-state index < -0.39 is 10.0 Å². The second kappa shape index (κ2) is 9.24.